The van der Waals surface area contributed by atoms with Crippen molar-refractivity contribution in [2.45, 2.75) is 24.5 Å². The van der Waals surface area contributed by atoms with E-state index in [9.17, 15) is 14.7 Å². The van der Waals surface area contributed by atoms with E-state index in [-0.39, 0.29) is 18.7 Å². The third kappa shape index (κ3) is 1.76. The molecule has 3 rings (SSSR count). The van der Waals surface area contributed by atoms with Crippen molar-refractivity contribution in [2.24, 2.45) is 0 Å². The van der Waals surface area contributed by atoms with Gasteiger partial charge in [-0.25, -0.2) is 4.79 Å². The van der Waals surface area contributed by atoms with Crippen LogP contribution < -0.4 is 10.1 Å². The Labute approximate surface area is 109 Å². The van der Waals surface area contributed by atoms with Crippen molar-refractivity contribution in [1.29, 1.82) is 0 Å². The number of hydrogen-bond donors (Lipinski definition) is 2. The summed E-state index contributed by atoms with van der Waals surface area (Å²) in [4.78, 5) is 23.4. The molecule has 0 aromatic heterocycles. The van der Waals surface area contributed by atoms with Gasteiger partial charge in [-0.15, -0.1) is 0 Å². The maximum absolute atomic E-state index is 12.0. The van der Waals surface area contributed by atoms with E-state index in [1.54, 1.807) is 12.1 Å². The van der Waals surface area contributed by atoms with Crippen molar-refractivity contribution in [3.8, 4) is 5.75 Å². The normalized spacial score (nSPS) is 27.9. The fourth-order valence-corrected chi connectivity index (χ4v) is 2.42. The van der Waals surface area contributed by atoms with E-state index < -0.39 is 17.7 Å². The van der Waals surface area contributed by atoms with Crippen molar-refractivity contribution < 1.29 is 24.2 Å². The van der Waals surface area contributed by atoms with Crippen molar-refractivity contribution in [2.75, 3.05) is 12.4 Å². The Morgan fingerprint density at radius 3 is 2.89 bits per heavy atom. The molecule has 0 unspecified atom stereocenters. The summed E-state index contributed by atoms with van der Waals surface area (Å²) in [5, 5.41) is 12.1. The van der Waals surface area contributed by atoms with E-state index in [0.29, 0.717) is 17.0 Å². The lowest BCUT2D eigenvalue weighted by Crippen LogP contribution is -2.61. The van der Waals surface area contributed by atoms with Crippen LogP contribution in [0.2, 0.25) is 0 Å². The van der Waals surface area contributed by atoms with E-state index in [1.165, 1.54) is 13.2 Å². The molecule has 0 bridgehead atoms. The zero-order valence-electron chi connectivity index (χ0n) is 10.3. The average molecular weight is 263 g/mol. The second kappa shape index (κ2) is 3.96. The molecule has 1 fully saturated rings. The lowest BCUT2D eigenvalue weighted by molar-refractivity contribution is -0.153. The van der Waals surface area contributed by atoms with Gasteiger partial charge in [0, 0.05) is 12.8 Å². The second-order valence-electron chi connectivity index (χ2n) is 4.82. The minimum atomic E-state index is -0.959. The zero-order valence-corrected chi connectivity index (χ0v) is 10.3. The minimum Gasteiger partial charge on any atom is -0.475 e. The number of carbonyl (C=O) groups excluding carboxylic acids is 2. The Hall–Kier alpha value is -2.08. The molecular formula is C13H13NO5. The number of methoxy groups -OCH3 is 1. The summed E-state index contributed by atoms with van der Waals surface area (Å²) in [5.41, 5.74) is -0.172. The molecule has 1 aliphatic heterocycles. The molecule has 1 aromatic carbocycles. The number of nitrogens with one attached hydrogen (secondary N) is 1. The van der Waals surface area contributed by atoms with Gasteiger partial charge in [-0.1, -0.05) is 0 Å². The third-order valence-electron chi connectivity index (χ3n) is 3.50. The number of hydrogen-bond acceptors (Lipinski definition) is 5. The minimum absolute atomic E-state index is 0.285. The molecule has 0 radical (unpaired) electrons. The summed E-state index contributed by atoms with van der Waals surface area (Å²) in [6, 6.07) is 4.71. The predicted octanol–water partition coefficient (Wildman–Crippen LogP) is 0.698. The van der Waals surface area contributed by atoms with Gasteiger partial charge in [0.2, 0.25) is 0 Å². The molecule has 1 heterocycles. The zero-order chi connectivity index (χ0) is 13.6. The lowest BCUT2D eigenvalue weighted by atomic mass is 9.76. The van der Waals surface area contributed by atoms with Gasteiger partial charge in [0.1, 0.15) is 5.75 Å². The number of amides is 1. The molecule has 1 amide bonds. The largest absolute Gasteiger partial charge is 0.475 e. The van der Waals surface area contributed by atoms with Gasteiger partial charge >= 0.3 is 5.97 Å². The SMILES string of the molecule is COC(=O)c1ccc2c(c1)NC(=O)C1(CC(O)C1)O2. The van der Waals surface area contributed by atoms with Crippen molar-refractivity contribution >= 4 is 17.6 Å². The third-order valence-corrected chi connectivity index (χ3v) is 3.50. The van der Waals surface area contributed by atoms with E-state index in [1.807, 2.05) is 0 Å². The van der Waals surface area contributed by atoms with Crippen LogP contribution in [-0.2, 0) is 9.53 Å². The number of anilines is 1. The van der Waals surface area contributed by atoms with Gasteiger partial charge in [-0.3, -0.25) is 4.79 Å². The monoisotopic (exact) mass is 263 g/mol. The number of fused-ring (bicyclic) bond motifs is 1. The van der Waals surface area contributed by atoms with Crippen LogP contribution in [0.25, 0.3) is 0 Å². The first-order chi connectivity index (χ1) is 9.04. The summed E-state index contributed by atoms with van der Waals surface area (Å²) in [6.45, 7) is 0. The Kier molecular flexibility index (Phi) is 2.50. The van der Waals surface area contributed by atoms with Crippen molar-refractivity contribution in [3.05, 3.63) is 23.8 Å². The van der Waals surface area contributed by atoms with E-state index in [2.05, 4.69) is 10.1 Å². The number of aliphatic hydroxyl groups excluding tert-OH is 1. The van der Waals surface area contributed by atoms with E-state index in [4.69, 9.17) is 4.74 Å². The molecule has 2 N–H and O–H groups in total. The van der Waals surface area contributed by atoms with Crippen LogP contribution in [0.1, 0.15) is 23.2 Å². The Morgan fingerprint density at radius 2 is 2.26 bits per heavy atom. The molecule has 2 aliphatic rings. The number of carbonyl (C=O) groups is 2. The van der Waals surface area contributed by atoms with Crippen LogP contribution in [0.15, 0.2) is 18.2 Å². The predicted molar refractivity (Wildman–Crippen MR) is 65.0 cm³/mol. The highest BCUT2D eigenvalue weighted by Gasteiger charge is 2.54. The fraction of sp³-hybridized carbons (Fsp3) is 0.385. The average Bonchev–Trinajstić information content (AvgIpc) is 2.36. The standard InChI is InChI=1S/C13H13NO5/c1-18-11(16)7-2-3-10-9(4-7)14-12(17)13(19-10)5-8(15)6-13/h2-4,8,15H,5-6H2,1H3,(H,14,17). The summed E-state index contributed by atoms with van der Waals surface area (Å²) in [5.74, 6) is -0.261. The molecule has 6 nitrogen and oxygen atoms in total. The van der Waals surface area contributed by atoms with E-state index >= 15 is 0 Å². The van der Waals surface area contributed by atoms with Gasteiger partial charge in [0.05, 0.1) is 24.5 Å². The maximum Gasteiger partial charge on any atom is 0.337 e. The number of esters is 1. The highest BCUT2D eigenvalue weighted by molar-refractivity contribution is 6.03. The van der Waals surface area contributed by atoms with Gasteiger partial charge in [0.25, 0.3) is 5.91 Å². The topological polar surface area (TPSA) is 84.9 Å². The van der Waals surface area contributed by atoms with Crippen molar-refractivity contribution in [1.82, 2.24) is 0 Å². The molecule has 1 spiro atoms. The van der Waals surface area contributed by atoms with Gasteiger partial charge in [-0.2, -0.15) is 0 Å². The molecule has 100 valence electrons. The number of aliphatic hydroxyl groups is 1. The van der Waals surface area contributed by atoms with E-state index in [0.717, 1.165) is 0 Å². The van der Waals surface area contributed by atoms with Gasteiger partial charge < -0.3 is 19.9 Å². The second-order valence-corrected chi connectivity index (χ2v) is 4.82. The summed E-state index contributed by atoms with van der Waals surface area (Å²) in [7, 11) is 1.29. The highest BCUT2D eigenvalue weighted by Crippen LogP contribution is 2.44. The van der Waals surface area contributed by atoms with Crippen LogP contribution >= 0.6 is 0 Å². The first-order valence-electron chi connectivity index (χ1n) is 5.95. The number of ether oxygens (including phenoxy) is 2. The number of benzene rings is 1. The molecule has 1 aromatic rings. The molecule has 6 heteroatoms. The fourth-order valence-electron chi connectivity index (χ4n) is 2.42. The maximum atomic E-state index is 12.0. The quantitative estimate of drug-likeness (QED) is 0.728. The first kappa shape index (κ1) is 12.0. The summed E-state index contributed by atoms with van der Waals surface area (Å²) < 4.78 is 10.3. The Morgan fingerprint density at radius 1 is 1.53 bits per heavy atom. The molecular weight excluding hydrogens is 250 g/mol. The van der Waals surface area contributed by atoms with Crippen LogP contribution in [0.4, 0.5) is 5.69 Å². The van der Waals surface area contributed by atoms with Gasteiger partial charge in [0.15, 0.2) is 5.60 Å². The molecule has 1 aliphatic carbocycles. The lowest BCUT2D eigenvalue weighted by Gasteiger charge is -2.46. The van der Waals surface area contributed by atoms with Crippen LogP contribution in [0.3, 0.4) is 0 Å². The van der Waals surface area contributed by atoms with Gasteiger partial charge in [-0.05, 0) is 18.2 Å². The molecule has 1 saturated carbocycles. The van der Waals surface area contributed by atoms with Crippen LogP contribution in [0.5, 0.6) is 5.75 Å². The molecule has 0 saturated heterocycles. The Bertz CT molecular complexity index is 562. The molecule has 19 heavy (non-hydrogen) atoms. The summed E-state index contributed by atoms with van der Waals surface area (Å²) in [6.07, 6.45) is 0.0790. The molecule has 0 atom stereocenters. The van der Waals surface area contributed by atoms with Crippen LogP contribution in [0, 0.1) is 0 Å². The van der Waals surface area contributed by atoms with Crippen LogP contribution in [-0.4, -0.2) is 35.8 Å². The number of rotatable bonds is 1. The van der Waals surface area contributed by atoms with Crippen molar-refractivity contribution in [3.63, 3.8) is 0 Å². The Balaban J connectivity index is 1.91. The highest BCUT2D eigenvalue weighted by atomic mass is 16.5. The first-order valence-corrected chi connectivity index (χ1v) is 5.95. The summed E-state index contributed by atoms with van der Waals surface area (Å²) >= 11 is 0. The smallest absolute Gasteiger partial charge is 0.337 e.